The fourth-order valence-corrected chi connectivity index (χ4v) is 12.7. The topological polar surface area (TPSA) is 0 Å². The quantitative estimate of drug-likeness (QED) is 0.115. The second kappa shape index (κ2) is 25.9. The maximum Gasteiger partial charge on any atom is 0.0342 e. The average Bonchev–Trinajstić information content (AvgIpc) is 3.21. The molecule has 1 atom stereocenters. The van der Waals surface area contributed by atoms with Gasteiger partial charge in [-0.1, -0.05) is 302 Å². The highest BCUT2D eigenvalue weighted by Gasteiger charge is 2.27. The van der Waals surface area contributed by atoms with Gasteiger partial charge in [0.1, 0.15) is 0 Å². The standard InChI is InChI=1S/2C20H16.C16H14.C15H14.C14H14/c1-2-14-11-12-19-17-9-4-3-7-15(17)16-8-5-6-10-18(16)20(19)13-14;1-2-14-7-8-17-12-19-10-15-5-3-4-6-16(15)11-20(19)13-18(17)9-14;1-2-12-7-5-9-16-14-8-4-3-6-13(14)10-11-15(12)16;1-2-11-9-10-13-6-3-5-12-7-4-8-14(11)15(12)13;1-2-12-8-10-14(11-9-12)13-6-4-3-5-7-13/h2*3-13H,2H2,1H3;3-11H,2H2,1H3;3-10,15H,2H2,1H3;3-11H,2H2,1H3/t;;;15-;/m...1./s1. The largest absolute Gasteiger partial charge is 0.0622 e. The molecule has 0 bridgehead atoms. The van der Waals surface area contributed by atoms with Crippen molar-refractivity contribution in [3.05, 3.63) is 336 Å². The van der Waals surface area contributed by atoms with Crippen molar-refractivity contribution >= 4 is 86.2 Å². The summed E-state index contributed by atoms with van der Waals surface area (Å²) in [6.45, 7) is 11.0. The normalized spacial score (nSPS) is 13.8. The van der Waals surface area contributed by atoms with Crippen LogP contribution in [-0.4, -0.2) is 0 Å². The van der Waals surface area contributed by atoms with Crippen molar-refractivity contribution in [3.63, 3.8) is 0 Å². The molecule has 0 unspecified atom stereocenters. The van der Waals surface area contributed by atoms with E-state index in [2.05, 4.69) is 320 Å². The summed E-state index contributed by atoms with van der Waals surface area (Å²) < 4.78 is 0. The third kappa shape index (κ3) is 12.0. The molecule has 0 radical (unpaired) electrons. The molecule has 414 valence electrons. The Hall–Kier alpha value is -9.62. The van der Waals surface area contributed by atoms with Crippen molar-refractivity contribution in [3.8, 4) is 11.1 Å². The van der Waals surface area contributed by atoms with Gasteiger partial charge < -0.3 is 0 Å². The predicted molar refractivity (Wildman–Crippen MR) is 373 cm³/mol. The summed E-state index contributed by atoms with van der Waals surface area (Å²) in [5.74, 6) is 0.514. The van der Waals surface area contributed by atoms with E-state index in [0.717, 1.165) is 32.1 Å². The van der Waals surface area contributed by atoms with Crippen LogP contribution in [0, 0.1) is 5.92 Å². The van der Waals surface area contributed by atoms with Crippen molar-refractivity contribution in [1.29, 1.82) is 0 Å². The van der Waals surface area contributed by atoms with Crippen LogP contribution < -0.4 is 0 Å². The lowest BCUT2D eigenvalue weighted by Gasteiger charge is -2.31. The zero-order valence-corrected chi connectivity index (χ0v) is 49.8. The number of hydrogen-bond acceptors (Lipinski definition) is 0. The Balaban J connectivity index is 0.000000105. The second-order valence-electron chi connectivity index (χ2n) is 22.5. The molecular formula is C85H74. The molecule has 13 aromatic rings. The van der Waals surface area contributed by atoms with Crippen LogP contribution in [0.4, 0.5) is 0 Å². The van der Waals surface area contributed by atoms with Crippen LogP contribution in [0.25, 0.3) is 97.3 Å². The summed E-state index contributed by atoms with van der Waals surface area (Å²) >= 11 is 0. The van der Waals surface area contributed by atoms with Crippen LogP contribution in [0.5, 0.6) is 0 Å². The van der Waals surface area contributed by atoms with Crippen LogP contribution in [0.15, 0.2) is 314 Å². The Morgan fingerprint density at radius 3 is 1.34 bits per heavy atom. The van der Waals surface area contributed by atoms with Crippen molar-refractivity contribution in [2.24, 2.45) is 5.92 Å². The first kappa shape index (κ1) is 55.9. The highest BCUT2D eigenvalue weighted by molar-refractivity contribution is 6.25. The zero-order valence-electron chi connectivity index (χ0n) is 49.8. The maximum absolute atomic E-state index is 2.35. The molecule has 85 heavy (non-hydrogen) atoms. The Bertz CT molecular complexity index is 4730. The molecule has 0 spiro atoms. The molecule has 0 heteroatoms. The lowest BCUT2D eigenvalue weighted by atomic mass is 9.73. The molecule has 0 N–H and O–H groups in total. The minimum Gasteiger partial charge on any atom is -0.0622 e. The summed E-state index contributed by atoms with van der Waals surface area (Å²) in [7, 11) is 0. The summed E-state index contributed by atoms with van der Waals surface area (Å²) in [6.07, 6.45) is 23.3. The van der Waals surface area contributed by atoms with Crippen LogP contribution in [0.3, 0.4) is 0 Å². The van der Waals surface area contributed by atoms with Gasteiger partial charge >= 0.3 is 0 Å². The SMILES string of the molecule is CCC1=CC=C2C=CC=C3C=CC=C1[C@H]32.CCc1ccc(-c2ccccc2)cc1.CCc1ccc2c3ccccc3c3ccccc3c2c1.CCc1ccc2cc3cc4ccccc4cc3cc2c1.CCc1cccc2c1ccc1ccccc12. The van der Waals surface area contributed by atoms with E-state index in [4.69, 9.17) is 0 Å². The highest BCUT2D eigenvalue weighted by Crippen LogP contribution is 2.42. The van der Waals surface area contributed by atoms with Gasteiger partial charge in [-0.25, -0.2) is 0 Å². The van der Waals surface area contributed by atoms with E-state index >= 15 is 0 Å². The van der Waals surface area contributed by atoms with Crippen LogP contribution in [0.1, 0.15) is 63.3 Å². The van der Waals surface area contributed by atoms with E-state index in [1.165, 1.54) is 142 Å². The van der Waals surface area contributed by atoms with Crippen molar-refractivity contribution < 1.29 is 0 Å². The number of benzene rings is 13. The summed E-state index contributed by atoms with van der Waals surface area (Å²) in [6, 6.07) is 87.8. The number of hydrogen-bond donors (Lipinski definition) is 0. The molecule has 0 aliphatic heterocycles. The van der Waals surface area contributed by atoms with Gasteiger partial charge in [0.25, 0.3) is 0 Å². The molecule has 3 aliphatic carbocycles. The second-order valence-corrected chi connectivity index (χ2v) is 22.5. The Labute approximate surface area is 502 Å². The zero-order chi connectivity index (χ0) is 58.1. The lowest BCUT2D eigenvalue weighted by molar-refractivity contribution is 0.838. The number of aryl methyl sites for hydroxylation is 4. The molecular weight excluding hydrogens is 1020 g/mol. The van der Waals surface area contributed by atoms with Crippen LogP contribution in [0.2, 0.25) is 0 Å². The molecule has 0 saturated carbocycles. The van der Waals surface area contributed by atoms with Gasteiger partial charge in [-0.15, -0.1) is 0 Å². The molecule has 3 aliphatic rings. The third-order valence-electron chi connectivity index (χ3n) is 17.4. The third-order valence-corrected chi connectivity index (χ3v) is 17.4. The van der Waals surface area contributed by atoms with Crippen molar-refractivity contribution in [2.45, 2.75) is 66.7 Å². The van der Waals surface area contributed by atoms with E-state index in [1.54, 1.807) is 0 Å². The van der Waals surface area contributed by atoms with Gasteiger partial charge in [-0.2, -0.15) is 0 Å². The minimum atomic E-state index is 0.514. The first-order valence-electron chi connectivity index (χ1n) is 30.8. The molecule has 0 fully saturated rings. The Morgan fingerprint density at radius 1 is 0.259 bits per heavy atom. The average molecular weight is 1100 g/mol. The van der Waals surface area contributed by atoms with E-state index < -0.39 is 0 Å². The van der Waals surface area contributed by atoms with Crippen molar-refractivity contribution in [2.75, 3.05) is 0 Å². The smallest absolute Gasteiger partial charge is 0.0342 e. The van der Waals surface area contributed by atoms with E-state index in [1.807, 2.05) is 6.07 Å². The van der Waals surface area contributed by atoms with Gasteiger partial charge in [0.05, 0.1) is 0 Å². The first-order chi connectivity index (χ1) is 41.9. The fraction of sp³-hybridized carbons (Fsp3) is 0.129. The summed E-state index contributed by atoms with van der Waals surface area (Å²) in [5.41, 5.74) is 14.0. The highest BCUT2D eigenvalue weighted by atomic mass is 14.3. The molecule has 0 amide bonds. The van der Waals surface area contributed by atoms with E-state index in [-0.39, 0.29) is 0 Å². The first-order valence-corrected chi connectivity index (χ1v) is 30.8. The molecule has 0 nitrogen and oxygen atoms in total. The maximum atomic E-state index is 2.35. The molecule has 13 aromatic carbocycles. The lowest BCUT2D eigenvalue weighted by Crippen LogP contribution is -2.17. The molecule has 16 rings (SSSR count). The molecule has 0 saturated heterocycles. The Kier molecular flexibility index (Phi) is 17.0. The molecule has 0 aromatic heterocycles. The number of allylic oxidation sites excluding steroid dienone is 12. The number of fused-ring (bicyclic) bond motifs is 12. The van der Waals surface area contributed by atoms with Gasteiger partial charge in [-0.3, -0.25) is 0 Å². The van der Waals surface area contributed by atoms with Crippen LogP contribution in [-0.2, 0) is 25.7 Å². The number of rotatable bonds is 6. The van der Waals surface area contributed by atoms with Gasteiger partial charge in [0.15, 0.2) is 0 Å². The van der Waals surface area contributed by atoms with Gasteiger partial charge in [-0.05, 0) is 198 Å². The van der Waals surface area contributed by atoms with E-state index in [0.29, 0.717) is 5.92 Å². The van der Waals surface area contributed by atoms with Gasteiger partial charge in [0.2, 0.25) is 0 Å². The summed E-state index contributed by atoms with van der Waals surface area (Å²) in [5, 5.41) is 21.5. The Morgan fingerprint density at radius 2 is 0.706 bits per heavy atom. The minimum absolute atomic E-state index is 0.514. The monoisotopic (exact) mass is 1090 g/mol. The van der Waals surface area contributed by atoms with E-state index in [9.17, 15) is 0 Å². The predicted octanol–water partition coefficient (Wildman–Crippen LogP) is 23.8. The summed E-state index contributed by atoms with van der Waals surface area (Å²) in [4.78, 5) is 0. The van der Waals surface area contributed by atoms with Crippen LogP contribution >= 0.6 is 0 Å². The molecule has 0 heterocycles. The fourth-order valence-electron chi connectivity index (χ4n) is 12.7. The van der Waals surface area contributed by atoms with Crippen molar-refractivity contribution in [1.82, 2.24) is 0 Å². The van der Waals surface area contributed by atoms with Gasteiger partial charge in [0, 0.05) is 5.92 Å².